The van der Waals surface area contributed by atoms with E-state index in [4.69, 9.17) is 35.2 Å². The van der Waals surface area contributed by atoms with Gasteiger partial charge in [0, 0.05) is 52.4 Å². The highest BCUT2D eigenvalue weighted by atomic mass is 16.6. The molecule has 4 bridgehead atoms. The molecule has 0 amide bonds. The number of hydrogen-bond donors (Lipinski definition) is 4. The molecule has 0 heterocycles. The Labute approximate surface area is 499 Å². The summed E-state index contributed by atoms with van der Waals surface area (Å²) in [5.74, 6) is 9.54. The molecule has 6 aliphatic carbocycles. The number of ether oxygens (including phenoxy) is 5. The minimum absolute atomic E-state index is 0.115. The number of carbonyl (C=O) groups is 4. The Morgan fingerprint density at radius 3 is 1.42 bits per heavy atom. The molecule has 83 heavy (non-hydrogen) atoms. The van der Waals surface area contributed by atoms with Crippen molar-refractivity contribution >= 4 is 23.9 Å². The number of benzene rings is 2. The van der Waals surface area contributed by atoms with Crippen LogP contribution in [0.5, 0.6) is 0 Å². The van der Waals surface area contributed by atoms with Crippen LogP contribution < -0.4 is 22.1 Å². The molecule has 6 fully saturated rings. The Bertz CT molecular complexity index is 2070. The molecule has 0 radical (unpaired) electrons. The molecule has 2 aromatic carbocycles. The third-order valence-electron chi connectivity index (χ3n) is 19.8. The van der Waals surface area contributed by atoms with Crippen LogP contribution in [0.15, 0.2) is 60.7 Å². The molecule has 12 atom stereocenters. The van der Waals surface area contributed by atoms with E-state index in [0.717, 1.165) is 194 Å². The van der Waals surface area contributed by atoms with Crippen molar-refractivity contribution in [3.05, 3.63) is 71.8 Å². The largest absolute Gasteiger partial charge is 0.466 e. The SMILES string of the molecule is CCCC(=O)OCCCCCCOC(=O)CCN(CCCCOCCCCN(C)Cc1ccccc1)Cc1ccccc1.NCC1CC2CC1C1CC(CNCCC(=O)OCCOC(=O)CCNCC3CC4C5CC(CN)C(C5)C4C3)CC21. The van der Waals surface area contributed by atoms with Gasteiger partial charge in [-0.25, -0.2) is 0 Å². The van der Waals surface area contributed by atoms with Gasteiger partial charge in [-0.05, 0) is 238 Å². The number of esters is 4. The molecule has 8 rings (SSSR count). The quantitative estimate of drug-likeness (QED) is 0.0279. The smallest absolute Gasteiger partial charge is 0.307 e. The number of nitrogens with two attached hydrogens (primary N) is 2. The van der Waals surface area contributed by atoms with Crippen LogP contribution in [0, 0.1) is 71.0 Å². The van der Waals surface area contributed by atoms with Crippen molar-refractivity contribution in [1.29, 1.82) is 0 Å². The van der Waals surface area contributed by atoms with Gasteiger partial charge in [-0.15, -0.1) is 0 Å². The highest BCUT2D eigenvalue weighted by molar-refractivity contribution is 5.70. The van der Waals surface area contributed by atoms with Gasteiger partial charge >= 0.3 is 23.9 Å². The van der Waals surface area contributed by atoms with Crippen molar-refractivity contribution in [2.24, 2.45) is 82.5 Å². The lowest BCUT2D eigenvalue weighted by molar-refractivity contribution is -0.152. The Balaban J connectivity index is 0.000000239. The molecule has 466 valence electrons. The highest BCUT2D eigenvalue weighted by Gasteiger charge is 2.56. The highest BCUT2D eigenvalue weighted by Crippen LogP contribution is 2.63. The molecule has 6 N–H and O–H groups in total. The topological polar surface area (TPSA) is 197 Å². The molecular formula is C68H110N6O9. The van der Waals surface area contributed by atoms with Crippen LogP contribution in [0.1, 0.15) is 153 Å². The lowest BCUT2D eigenvalue weighted by Gasteiger charge is -2.30. The zero-order chi connectivity index (χ0) is 58.4. The predicted molar refractivity (Wildman–Crippen MR) is 328 cm³/mol. The van der Waals surface area contributed by atoms with E-state index in [1.807, 2.05) is 13.0 Å². The Kier molecular flexibility index (Phi) is 30.1. The van der Waals surface area contributed by atoms with Crippen LogP contribution in [0.4, 0.5) is 0 Å². The maximum absolute atomic E-state index is 12.4. The second-order valence-corrected chi connectivity index (χ2v) is 25.8. The number of rotatable bonds is 41. The zero-order valence-corrected chi connectivity index (χ0v) is 51.3. The van der Waals surface area contributed by atoms with Crippen molar-refractivity contribution in [2.45, 2.75) is 155 Å². The summed E-state index contributed by atoms with van der Waals surface area (Å²) in [6.45, 7) is 14.3. The van der Waals surface area contributed by atoms with Gasteiger partial charge < -0.3 is 50.7 Å². The minimum Gasteiger partial charge on any atom is -0.466 e. The molecule has 0 aromatic heterocycles. The van der Waals surface area contributed by atoms with Crippen LogP contribution in [0.2, 0.25) is 0 Å². The van der Waals surface area contributed by atoms with Gasteiger partial charge in [-0.1, -0.05) is 67.6 Å². The van der Waals surface area contributed by atoms with Crippen molar-refractivity contribution in [3.8, 4) is 0 Å². The first-order chi connectivity index (χ1) is 40.6. The monoisotopic (exact) mass is 1150 g/mol. The predicted octanol–water partition coefficient (Wildman–Crippen LogP) is 9.58. The van der Waals surface area contributed by atoms with Gasteiger partial charge in [-0.3, -0.25) is 24.1 Å². The van der Waals surface area contributed by atoms with E-state index in [0.29, 0.717) is 58.5 Å². The zero-order valence-electron chi connectivity index (χ0n) is 51.3. The molecule has 6 saturated carbocycles. The van der Waals surface area contributed by atoms with Gasteiger partial charge in [0.25, 0.3) is 0 Å². The van der Waals surface area contributed by atoms with E-state index in [1.54, 1.807) is 0 Å². The molecule has 0 aliphatic heterocycles. The molecule has 15 heteroatoms. The first-order valence-electron chi connectivity index (χ1n) is 33.1. The number of nitrogens with one attached hydrogen (secondary N) is 2. The summed E-state index contributed by atoms with van der Waals surface area (Å²) < 4.78 is 27.1. The molecular weight excluding hydrogens is 1040 g/mol. The Hall–Kier alpha value is -3.96. The second kappa shape index (κ2) is 37.6. The fourth-order valence-corrected chi connectivity index (χ4v) is 15.8. The van der Waals surface area contributed by atoms with Gasteiger partial charge in [0.15, 0.2) is 0 Å². The van der Waals surface area contributed by atoms with E-state index < -0.39 is 0 Å². The molecule has 0 spiro atoms. The fourth-order valence-electron chi connectivity index (χ4n) is 15.8. The van der Waals surface area contributed by atoms with E-state index >= 15 is 0 Å². The van der Waals surface area contributed by atoms with Crippen molar-refractivity contribution in [3.63, 3.8) is 0 Å². The van der Waals surface area contributed by atoms with Crippen molar-refractivity contribution < 1.29 is 42.9 Å². The molecule has 15 nitrogen and oxygen atoms in total. The Morgan fingerprint density at radius 2 is 0.916 bits per heavy atom. The summed E-state index contributed by atoms with van der Waals surface area (Å²) >= 11 is 0. The fraction of sp³-hybridized carbons (Fsp3) is 0.765. The van der Waals surface area contributed by atoms with Crippen LogP contribution in [0.25, 0.3) is 0 Å². The van der Waals surface area contributed by atoms with Crippen LogP contribution in [-0.2, 0) is 56.0 Å². The third-order valence-corrected chi connectivity index (χ3v) is 19.8. The molecule has 12 unspecified atom stereocenters. The standard InChI is InChI=1S/C36H56N2O5.C32H54N4O4/c1-3-18-35(39)42-29-14-4-5-15-30-43-36(40)23-26-38(32-34-21-10-7-11-22-34)25-13-17-28-41-27-16-12-24-37(2)31-33-19-8-6-9-20-33;33-15-23-11-21-13-27(23)29-9-19(7-25(21)29)17-35-3-1-31(37)39-5-6-40-32(38)2-4-36-18-20-8-26-22-12-24(16-34)28(14-22)30(26)10-20/h6-11,19-22H,3-5,12-18,23-32H2,1-2H3;19-30,35-36H,1-18,33-34H2. The Morgan fingerprint density at radius 1 is 0.470 bits per heavy atom. The lowest BCUT2D eigenvalue weighted by atomic mass is 9.76. The maximum atomic E-state index is 12.4. The van der Waals surface area contributed by atoms with E-state index in [9.17, 15) is 19.2 Å². The summed E-state index contributed by atoms with van der Waals surface area (Å²) in [7, 11) is 2.18. The summed E-state index contributed by atoms with van der Waals surface area (Å²) in [5.41, 5.74) is 14.6. The first-order valence-corrected chi connectivity index (χ1v) is 33.1. The number of unbranched alkanes of at least 4 members (excludes halogenated alkanes) is 5. The lowest BCUT2D eigenvalue weighted by Crippen LogP contribution is -2.29. The van der Waals surface area contributed by atoms with Gasteiger partial charge in [0.1, 0.15) is 13.2 Å². The average Bonchev–Trinajstić information content (AvgIpc) is 4.34. The van der Waals surface area contributed by atoms with E-state index in [-0.39, 0.29) is 37.1 Å². The van der Waals surface area contributed by atoms with Crippen molar-refractivity contribution in [1.82, 2.24) is 20.4 Å². The average molecular weight is 1160 g/mol. The van der Waals surface area contributed by atoms with Gasteiger partial charge in [0.05, 0.1) is 32.5 Å². The third kappa shape index (κ3) is 23.0. The van der Waals surface area contributed by atoms with E-state index in [1.165, 1.54) is 62.5 Å². The number of hydrogen-bond acceptors (Lipinski definition) is 15. The summed E-state index contributed by atoms with van der Waals surface area (Å²) in [4.78, 5) is 52.6. The number of nitrogens with zero attached hydrogens (tertiary/aromatic N) is 2. The second-order valence-electron chi connectivity index (χ2n) is 25.8. The molecule has 2 aromatic rings. The number of carbonyl (C=O) groups excluding carboxylic acids is 4. The van der Waals surface area contributed by atoms with Crippen LogP contribution in [0.3, 0.4) is 0 Å². The number of fused-ring (bicyclic) bond motifs is 10. The molecule has 0 saturated heterocycles. The summed E-state index contributed by atoms with van der Waals surface area (Å²) in [5, 5.41) is 6.96. The maximum Gasteiger partial charge on any atom is 0.307 e. The first kappa shape index (κ1) is 66.6. The van der Waals surface area contributed by atoms with Gasteiger partial charge in [-0.2, -0.15) is 0 Å². The molecule has 6 aliphatic rings. The minimum atomic E-state index is -0.232. The summed E-state index contributed by atoms with van der Waals surface area (Å²) in [6, 6.07) is 21.0. The van der Waals surface area contributed by atoms with E-state index in [2.05, 4.69) is 82.1 Å². The van der Waals surface area contributed by atoms with Crippen LogP contribution >= 0.6 is 0 Å². The normalized spacial score (nSPS) is 26.2. The van der Waals surface area contributed by atoms with Gasteiger partial charge in [0.2, 0.25) is 0 Å². The van der Waals surface area contributed by atoms with Crippen molar-refractivity contribution in [2.75, 3.05) is 106 Å². The summed E-state index contributed by atoms with van der Waals surface area (Å²) in [6.07, 6.45) is 21.2. The van der Waals surface area contributed by atoms with Crippen LogP contribution in [-0.4, -0.2) is 139 Å².